The number of para-hydroxylation sites is 1. The van der Waals surface area contributed by atoms with Crippen LogP contribution >= 0.6 is 0 Å². The average Bonchev–Trinajstić information content (AvgIpc) is 0.790. The van der Waals surface area contributed by atoms with Crippen LogP contribution in [0.4, 0.5) is 68.2 Å². The molecule has 0 saturated heterocycles. The first-order valence-electron chi connectivity index (χ1n) is 44.4. The minimum absolute atomic E-state index is 1.09. The van der Waals surface area contributed by atoms with Crippen molar-refractivity contribution in [3.8, 4) is 122 Å². The van der Waals surface area contributed by atoms with Crippen molar-refractivity contribution in [1.29, 1.82) is 0 Å². The van der Waals surface area contributed by atoms with Gasteiger partial charge in [-0.3, -0.25) is 0 Å². The molecule has 0 aliphatic carbocycles. The van der Waals surface area contributed by atoms with Gasteiger partial charge >= 0.3 is 0 Å². The van der Waals surface area contributed by atoms with Crippen molar-refractivity contribution in [2.75, 3.05) is 19.6 Å². The third kappa shape index (κ3) is 18.5. The number of anilines is 12. The Kier molecular flexibility index (Phi) is 24.1. The van der Waals surface area contributed by atoms with E-state index in [1.807, 2.05) is 0 Å². The minimum Gasteiger partial charge on any atom is -0.311 e. The summed E-state index contributed by atoms with van der Waals surface area (Å²) >= 11 is 0. The van der Waals surface area contributed by atoms with E-state index in [-0.39, 0.29) is 0 Å². The molecular formula is C126H92N4. The van der Waals surface area contributed by atoms with Crippen LogP contribution in [0.1, 0.15) is 0 Å². The Labute approximate surface area is 763 Å². The maximum absolute atomic E-state index is 2.34. The van der Waals surface area contributed by atoms with Crippen LogP contribution in [-0.4, -0.2) is 0 Å². The number of nitrogens with zero attached hydrogens (tertiary/aromatic N) is 4. The lowest BCUT2D eigenvalue weighted by atomic mass is 10.00. The van der Waals surface area contributed by atoms with E-state index in [2.05, 4.69) is 578 Å². The molecular weight excluding hydrogens is 1570 g/mol. The monoisotopic (exact) mass is 1660 g/mol. The van der Waals surface area contributed by atoms with E-state index in [0.717, 1.165) is 90.5 Å². The molecule has 0 amide bonds. The quantitative estimate of drug-likeness (QED) is 0.0633. The lowest BCUT2D eigenvalue weighted by Crippen LogP contribution is -2.10. The molecule has 0 unspecified atom stereocenters. The fourth-order valence-electron chi connectivity index (χ4n) is 17.3. The molecule has 0 N–H and O–H groups in total. The van der Waals surface area contributed by atoms with Crippen molar-refractivity contribution in [3.63, 3.8) is 0 Å². The third-order valence-electron chi connectivity index (χ3n) is 24.2. The van der Waals surface area contributed by atoms with Gasteiger partial charge < -0.3 is 19.6 Å². The molecule has 0 saturated carbocycles. The third-order valence-corrected chi connectivity index (χ3v) is 24.2. The molecule has 0 bridgehead atoms. The van der Waals surface area contributed by atoms with Crippen LogP contribution in [-0.2, 0) is 0 Å². The highest BCUT2D eigenvalue weighted by Crippen LogP contribution is 2.45. The Morgan fingerprint density at radius 3 is 0.231 bits per heavy atom. The fraction of sp³-hybridized carbons (Fsp3) is 0. The van der Waals surface area contributed by atoms with Crippen LogP contribution in [0.3, 0.4) is 0 Å². The highest BCUT2D eigenvalue weighted by Gasteiger charge is 2.21. The minimum atomic E-state index is 1.09. The zero-order valence-electron chi connectivity index (χ0n) is 71.9. The molecule has 4 nitrogen and oxygen atoms in total. The molecule has 0 atom stereocenters. The van der Waals surface area contributed by atoms with Crippen LogP contribution in [0, 0.1) is 0 Å². The Hall–Kier alpha value is -17.2. The zero-order valence-corrected chi connectivity index (χ0v) is 71.9. The van der Waals surface area contributed by atoms with E-state index < -0.39 is 0 Å². The Morgan fingerprint density at radius 2 is 0.131 bits per heavy atom. The van der Waals surface area contributed by atoms with Gasteiger partial charge in [-0.15, -0.1) is 0 Å². The van der Waals surface area contributed by atoms with E-state index in [0.29, 0.717) is 0 Å². The van der Waals surface area contributed by atoms with Gasteiger partial charge in [0.15, 0.2) is 0 Å². The van der Waals surface area contributed by atoms with Gasteiger partial charge in [0, 0.05) is 68.2 Å². The van der Waals surface area contributed by atoms with Crippen molar-refractivity contribution in [2.45, 2.75) is 0 Å². The summed E-state index contributed by atoms with van der Waals surface area (Å²) in [5.41, 5.74) is 39.4. The van der Waals surface area contributed by atoms with Crippen LogP contribution in [0.15, 0.2) is 558 Å². The molecule has 0 spiro atoms. The summed E-state index contributed by atoms with van der Waals surface area (Å²) in [7, 11) is 0. The van der Waals surface area contributed by atoms with Gasteiger partial charge in [0.2, 0.25) is 0 Å². The first-order chi connectivity index (χ1) is 64.4. The summed E-state index contributed by atoms with van der Waals surface area (Å²) in [6, 6.07) is 200. The van der Waals surface area contributed by atoms with Crippen LogP contribution < -0.4 is 19.6 Å². The van der Waals surface area contributed by atoms with E-state index >= 15 is 0 Å². The molecule has 21 rings (SSSR count). The standard InChI is InChI=1S/C66H48N2.C60H44N2/c1-5-13-49(14-6-1)53-21-23-54(24-22-53)58-31-43-64(44-32-58)68(63-41-29-57(30-42-63)52-19-11-4-12-20-52)66-47-35-60(36-48-66)59-33-45-65(46-34-59)67(61-37-25-55(26-38-61)50-15-7-2-8-16-50)62-39-27-56(28-40-62)51-17-9-3-10-18-51;1-5-13-45(14-6-1)48-21-23-49(24-22-48)52-29-39-56(40-30-52)61(55-19-11-4-12-20-55)57-41-31-53(32-42-57)54-33-43-60(44-34-54)62(58-35-25-50(26-36-58)46-15-7-2-8-16-46)59-37-27-51(28-38-59)47-17-9-3-10-18-47/h1-48H;1-44H. The zero-order chi connectivity index (χ0) is 87.0. The van der Waals surface area contributed by atoms with E-state index in [4.69, 9.17) is 0 Å². The Morgan fingerprint density at radius 1 is 0.0615 bits per heavy atom. The maximum Gasteiger partial charge on any atom is 0.0462 e. The van der Waals surface area contributed by atoms with Crippen molar-refractivity contribution in [1.82, 2.24) is 0 Å². The second-order valence-electron chi connectivity index (χ2n) is 32.4. The van der Waals surface area contributed by atoms with E-state index in [1.54, 1.807) is 0 Å². The molecule has 0 aliphatic rings. The molecule has 4 heteroatoms. The summed E-state index contributed by atoms with van der Waals surface area (Å²) in [6.07, 6.45) is 0. The van der Waals surface area contributed by atoms with E-state index in [9.17, 15) is 0 Å². The molecule has 21 aromatic rings. The molecule has 0 radical (unpaired) electrons. The largest absolute Gasteiger partial charge is 0.311 e. The predicted octanol–water partition coefficient (Wildman–Crippen LogP) is 35.6. The second-order valence-corrected chi connectivity index (χ2v) is 32.4. The van der Waals surface area contributed by atoms with Crippen LogP contribution in [0.5, 0.6) is 0 Å². The summed E-state index contributed by atoms with van der Waals surface area (Å²) in [6.45, 7) is 0. The van der Waals surface area contributed by atoms with Gasteiger partial charge in [0.1, 0.15) is 0 Å². The second kappa shape index (κ2) is 38.5. The average molecular weight is 1660 g/mol. The number of rotatable bonds is 23. The molecule has 21 aromatic carbocycles. The molecule has 616 valence electrons. The first-order valence-corrected chi connectivity index (χ1v) is 44.4. The number of hydrogen-bond donors (Lipinski definition) is 0. The highest BCUT2D eigenvalue weighted by molar-refractivity contribution is 5.88. The normalized spacial score (nSPS) is 10.9. The van der Waals surface area contributed by atoms with Gasteiger partial charge in [0.05, 0.1) is 0 Å². The van der Waals surface area contributed by atoms with Crippen molar-refractivity contribution in [2.24, 2.45) is 0 Å². The van der Waals surface area contributed by atoms with Gasteiger partial charge in [-0.25, -0.2) is 0 Å². The van der Waals surface area contributed by atoms with Gasteiger partial charge in [-0.05, 0) is 268 Å². The summed E-state index contributed by atoms with van der Waals surface area (Å²) in [4.78, 5) is 9.33. The molecule has 0 aliphatic heterocycles. The maximum atomic E-state index is 2.34. The molecule has 0 fully saturated rings. The molecule has 130 heavy (non-hydrogen) atoms. The van der Waals surface area contributed by atoms with Gasteiger partial charge in [-0.2, -0.15) is 0 Å². The van der Waals surface area contributed by atoms with Crippen molar-refractivity contribution < 1.29 is 0 Å². The number of benzene rings is 21. The Bertz CT molecular complexity index is 7020. The molecule has 0 heterocycles. The van der Waals surface area contributed by atoms with Gasteiger partial charge in [-0.1, -0.05) is 413 Å². The van der Waals surface area contributed by atoms with Crippen molar-refractivity contribution in [3.05, 3.63) is 558 Å². The predicted molar refractivity (Wildman–Crippen MR) is 551 cm³/mol. The smallest absolute Gasteiger partial charge is 0.0462 e. The first kappa shape index (κ1) is 81.2. The summed E-state index contributed by atoms with van der Waals surface area (Å²) in [5.74, 6) is 0. The lowest BCUT2D eigenvalue weighted by Gasteiger charge is -2.27. The molecule has 0 aromatic heterocycles. The lowest BCUT2D eigenvalue weighted by molar-refractivity contribution is 1.28. The van der Waals surface area contributed by atoms with E-state index in [1.165, 1.54) is 100 Å². The fourth-order valence-corrected chi connectivity index (χ4v) is 17.3. The highest BCUT2D eigenvalue weighted by atomic mass is 15.2. The van der Waals surface area contributed by atoms with Gasteiger partial charge in [0.25, 0.3) is 0 Å². The van der Waals surface area contributed by atoms with Crippen molar-refractivity contribution >= 4 is 68.2 Å². The SMILES string of the molecule is c1ccc(-c2ccc(-c3ccc(N(c4ccc(-c5ccccc5)cc4)c4ccc(-c5ccc(N(c6ccc(-c7ccccc7)cc6)c6ccc(-c7ccccc7)cc6)cc5)cc4)cc3)cc2)cc1.c1ccc(-c2ccc(-c3ccc(N(c4ccccc4)c4ccc(-c5ccc(N(c6ccc(-c7ccccc7)cc6)c6ccc(-c7ccccc7)cc6)cc5)cc4)cc3)cc2)cc1. The van der Waals surface area contributed by atoms with Crippen LogP contribution in [0.25, 0.3) is 122 Å². The number of hydrogen-bond acceptors (Lipinski definition) is 4. The Balaban J connectivity index is 0.000000163. The topological polar surface area (TPSA) is 13.0 Å². The summed E-state index contributed by atoms with van der Waals surface area (Å²) < 4.78 is 0. The van der Waals surface area contributed by atoms with Crippen LogP contribution in [0.2, 0.25) is 0 Å². The summed E-state index contributed by atoms with van der Waals surface area (Å²) in [5, 5.41) is 0.